The lowest BCUT2D eigenvalue weighted by molar-refractivity contribution is -0.116. The predicted octanol–water partition coefficient (Wildman–Crippen LogP) is 4.16. The van der Waals surface area contributed by atoms with E-state index >= 15 is 0 Å². The van der Waals surface area contributed by atoms with Crippen molar-refractivity contribution < 1.29 is 9.53 Å². The third-order valence-corrected chi connectivity index (χ3v) is 4.16. The highest BCUT2D eigenvalue weighted by atomic mass is 35.5. The second-order valence-electron chi connectivity index (χ2n) is 5.96. The van der Waals surface area contributed by atoms with Crippen LogP contribution in [-0.2, 0) is 17.8 Å². The second kappa shape index (κ2) is 8.54. The second-order valence-corrected chi connectivity index (χ2v) is 6.40. The number of rotatable bonds is 7. The topological polar surface area (TPSA) is 56.1 Å². The number of amides is 1. The van der Waals surface area contributed by atoms with Crippen LogP contribution in [0.15, 0.2) is 61.1 Å². The average Bonchev–Trinajstić information content (AvgIpc) is 3.07. The third-order valence-electron chi connectivity index (χ3n) is 3.93. The van der Waals surface area contributed by atoms with Crippen LogP contribution in [0, 0.1) is 0 Å². The number of carbonyl (C=O) groups excluding carboxylic acids is 1. The van der Waals surface area contributed by atoms with Gasteiger partial charge in [-0.1, -0.05) is 35.9 Å². The molecule has 0 saturated heterocycles. The number of nitrogens with zero attached hydrogens (tertiary/aromatic N) is 2. The number of hydrogen-bond donors (Lipinski definition) is 1. The number of imidazole rings is 1. The molecule has 0 aliphatic rings. The zero-order valence-corrected chi connectivity index (χ0v) is 15.2. The molecule has 3 rings (SSSR count). The van der Waals surface area contributed by atoms with E-state index < -0.39 is 0 Å². The lowest BCUT2D eigenvalue weighted by atomic mass is 10.1. The van der Waals surface area contributed by atoms with Gasteiger partial charge in [0.15, 0.2) is 5.82 Å². The Balaban J connectivity index is 1.52. The molecule has 1 N–H and O–H groups in total. The SMILES string of the molecule is COc1cccc(CCC(=O)Nc2cn(Cc3cccc(Cl)c3)cn2)c1. The Kier molecular flexibility index (Phi) is 5.92. The number of hydrogen-bond acceptors (Lipinski definition) is 3. The molecule has 6 heteroatoms. The fraction of sp³-hybridized carbons (Fsp3) is 0.200. The van der Waals surface area contributed by atoms with Crippen molar-refractivity contribution in [2.45, 2.75) is 19.4 Å². The number of aryl methyl sites for hydroxylation is 1. The first-order valence-corrected chi connectivity index (χ1v) is 8.69. The number of anilines is 1. The quantitative estimate of drug-likeness (QED) is 0.680. The maximum atomic E-state index is 12.1. The fourth-order valence-corrected chi connectivity index (χ4v) is 2.86. The van der Waals surface area contributed by atoms with Crippen LogP contribution in [0.4, 0.5) is 5.82 Å². The molecule has 3 aromatic rings. The minimum Gasteiger partial charge on any atom is -0.497 e. The van der Waals surface area contributed by atoms with E-state index in [4.69, 9.17) is 16.3 Å². The van der Waals surface area contributed by atoms with Crippen LogP contribution in [0.25, 0.3) is 0 Å². The van der Waals surface area contributed by atoms with Gasteiger partial charge in [-0.3, -0.25) is 4.79 Å². The Morgan fingerprint density at radius 2 is 2.00 bits per heavy atom. The summed E-state index contributed by atoms with van der Waals surface area (Å²) < 4.78 is 7.10. The summed E-state index contributed by atoms with van der Waals surface area (Å²) in [4.78, 5) is 16.4. The molecule has 1 amide bonds. The van der Waals surface area contributed by atoms with Gasteiger partial charge >= 0.3 is 0 Å². The predicted molar refractivity (Wildman–Crippen MR) is 103 cm³/mol. The first-order valence-electron chi connectivity index (χ1n) is 8.31. The minimum atomic E-state index is -0.0687. The molecule has 0 radical (unpaired) electrons. The zero-order chi connectivity index (χ0) is 18.4. The number of halogens is 1. The number of benzene rings is 2. The molecule has 0 fully saturated rings. The Morgan fingerprint density at radius 1 is 1.19 bits per heavy atom. The van der Waals surface area contributed by atoms with E-state index in [0.29, 0.717) is 30.2 Å². The molecule has 0 spiro atoms. The van der Waals surface area contributed by atoms with Crippen LogP contribution in [0.1, 0.15) is 17.5 Å². The Labute approximate surface area is 157 Å². The van der Waals surface area contributed by atoms with E-state index in [1.807, 2.05) is 59.3 Å². The molecule has 1 aromatic heterocycles. The van der Waals surface area contributed by atoms with Gasteiger partial charge in [0.25, 0.3) is 0 Å². The van der Waals surface area contributed by atoms with Gasteiger partial charge < -0.3 is 14.6 Å². The summed E-state index contributed by atoms with van der Waals surface area (Å²) in [5.41, 5.74) is 2.14. The van der Waals surface area contributed by atoms with E-state index in [-0.39, 0.29) is 5.91 Å². The number of ether oxygens (including phenoxy) is 1. The van der Waals surface area contributed by atoms with Gasteiger partial charge in [0, 0.05) is 24.2 Å². The fourth-order valence-electron chi connectivity index (χ4n) is 2.65. The summed E-state index contributed by atoms with van der Waals surface area (Å²) in [5.74, 6) is 1.27. The van der Waals surface area contributed by atoms with Crippen LogP contribution in [0.3, 0.4) is 0 Å². The molecule has 1 heterocycles. The highest BCUT2D eigenvalue weighted by molar-refractivity contribution is 6.30. The Morgan fingerprint density at radius 3 is 2.81 bits per heavy atom. The number of nitrogens with one attached hydrogen (secondary N) is 1. The van der Waals surface area contributed by atoms with E-state index in [1.54, 1.807) is 13.4 Å². The molecule has 0 unspecified atom stereocenters. The van der Waals surface area contributed by atoms with Crippen molar-refractivity contribution in [1.29, 1.82) is 0 Å². The summed E-state index contributed by atoms with van der Waals surface area (Å²) >= 11 is 6.00. The Hall–Kier alpha value is -2.79. The summed E-state index contributed by atoms with van der Waals surface area (Å²) in [6, 6.07) is 15.4. The third kappa shape index (κ3) is 5.10. The van der Waals surface area contributed by atoms with Crippen LogP contribution >= 0.6 is 11.6 Å². The van der Waals surface area contributed by atoms with Crippen molar-refractivity contribution in [1.82, 2.24) is 9.55 Å². The largest absolute Gasteiger partial charge is 0.497 e. The zero-order valence-electron chi connectivity index (χ0n) is 14.5. The maximum absolute atomic E-state index is 12.1. The molecular formula is C20H20ClN3O2. The van der Waals surface area contributed by atoms with Gasteiger partial charge in [0.2, 0.25) is 5.91 Å². The van der Waals surface area contributed by atoms with Crippen LogP contribution in [-0.4, -0.2) is 22.6 Å². The van der Waals surface area contributed by atoms with Crippen molar-refractivity contribution in [3.8, 4) is 5.75 Å². The van der Waals surface area contributed by atoms with Gasteiger partial charge in [-0.05, 0) is 41.8 Å². The number of carbonyl (C=O) groups is 1. The molecule has 134 valence electrons. The monoisotopic (exact) mass is 369 g/mol. The summed E-state index contributed by atoms with van der Waals surface area (Å²) in [5, 5.41) is 3.53. The Bertz CT molecular complexity index is 892. The molecule has 0 bridgehead atoms. The van der Waals surface area contributed by atoms with Crippen molar-refractivity contribution >= 4 is 23.3 Å². The van der Waals surface area contributed by atoms with Gasteiger partial charge in [-0.25, -0.2) is 4.98 Å². The molecule has 26 heavy (non-hydrogen) atoms. The first-order chi connectivity index (χ1) is 12.6. The van der Waals surface area contributed by atoms with E-state index in [1.165, 1.54) is 0 Å². The van der Waals surface area contributed by atoms with Crippen LogP contribution < -0.4 is 10.1 Å². The maximum Gasteiger partial charge on any atom is 0.225 e. The molecule has 0 aliphatic carbocycles. The minimum absolute atomic E-state index is 0.0687. The summed E-state index contributed by atoms with van der Waals surface area (Å²) in [7, 11) is 1.63. The van der Waals surface area contributed by atoms with Crippen molar-refractivity contribution in [3.63, 3.8) is 0 Å². The van der Waals surface area contributed by atoms with Crippen LogP contribution in [0.2, 0.25) is 5.02 Å². The summed E-state index contributed by atoms with van der Waals surface area (Å²) in [6.07, 6.45) is 4.53. The normalized spacial score (nSPS) is 10.5. The van der Waals surface area contributed by atoms with Gasteiger partial charge in [-0.2, -0.15) is 0 Å². The van der Waals surface area contributed by atoms with Gasteiger partial charge in [0.1, 0.15) is 5.75 Å². The molecule has 0 aliphatic heterocycles. The number of methoxy groups -OCH3 is 1. The van der Waals surface area contributed by atoms with Crippen LogP contribution in [0.5, 0.6) is 5.75 Å². The molecule has 2 aromatic carbocycles. The van der Waals surface area contributed by atoms with E-state index in [2.05, 4.69) is 10.3 Å². The van der Waals surface area contributed by atoms with E-state index in [9.17, 15) is 4.79 Å². The summed E-state index contributed by atoms with van der Waals surface area (Å²) in [6.45, 7) is 0.646. The van der Waals surface area contributed by atoms with Gasteiger partial charge in [0.05, 0.1) is 13.4 Å². The smallest absolute Gasteiger partial charge is 0.225 e. The lowest BCUT2D eigenvalue weighted by Crippen LogP contribution is -2.12. The molecule has 0 saturated carbocycles. The molecule has 5 nitrogen and oxygen atoms in total. The van der Waals surface area contributed by atoms with Gasteiger partial charge in [-0.15, -0.1) is 0 Å². The average molecular weight is 370 g/mol. The van der Waals surface area contributed by atoms with Crippen molar-refractivity contribution in [2.75, 3.05) is 12.4 Å². The molecule has 0 atom stereocenters. The van der Waals surface area contributed by atoms with Crippen molar-refractivity contribution in [2.24, 2.45) is 0 Å². The first kappa shape index (κ1) is 18.0. The standard InChI is InChI=1S/C20H20ClN3O2/c1-26-18-7-3-4-15(11-18)8-9-20(25)23-19-13-24(14-22-19)12-16-5-2-6-17(21)10-16/h2-7,10-11,13-14H,8-9,12H2,1H3,(H,23,25). The lowest BCUT2D eigenvalue weighted by Gasteiger charge is -2.05. The molecular weight excluding hydrogens is 350 g/mol. The highest BCUT2D eigenvalue weighted by Crippen LogP contribution is 2.15. The van der Waals surface area contributed by atoms with E-state index in [0.717, 1.165) is 16.9 Å². The number of aromatic nitrogens is 2. The van der Waals surface area contributed by atoms with Crippen molar-refractivity contribution in [3.05, 3.63) is 77.2 Å². The highest BCUT2D eigenvalue weighted by Gasteiger charge is 2.07.